The van der Waals surface area contributed by atoms with E-state index in [1.807, 2.05) is 41.0 Å². The van der Waals surface area contributed by atoms with Gasteiger partial charge in [-0.15, -0.1) is 0 Å². The van der Waals surface area contributed by atoms with E-state index in [1.165, 1.54) is 0 Å². The fourth-order valence-corrected chi connectivity index (χ4v) is 3.35. The Morgan fingerprint density at radius 2 is 1.89 bits per heavy atom. The molecular weight excluding hydrogens is 354 g/mol. The fraction of sp³-hybridized carbons (Fsp3) is 0.429. The molecule has 1 amide bonds. The van der Waals surface area contributed by atoms with Crippen molar-refractivity contribution < 1.29 is 9.53 Å². The molecule has 1 unspecified atom stereocenters. The van der Waals surface area contributed by atoms with Crippen LogP contribution in [0.3, 0.4) is 0 Å². The van der Waals surface area contributed by atoms with Crippen LogP contribution in [-0.4, -0.2) is 54.1 Å². The minimum atomic E-state index is 0.148. The SMILES string of the molecule is COc1ccc(C(C)CC(=O)N2CCN(c3nc(C)cc(C#N)n3)CC2)cc1. The Kier molecular flexibility index (Phi) is 6.09. The quantitative estimate of drug-likeness (QED) is 0.794. The Morgan fingerprint density at radius 3 is 2.50 bits per heavy atom. The van der Waals surface area contributed by atoms with Crippen molar-refractivity contribution in [1.82, 2.24) is 14.9 Å². The zero-order chi connectivity index (χ0) is 20.1. The highest BCUT2D eigenvalue weighted by molar-refractivity contribution is 5.77. The van der Waals surface area contributed by atoms with E-state index in [0.29, 0.717) is 44.2 Å². The summed E-state index contributed by atoms with van der Waals surface area (Å²) in [7, 11) is 1.64. The van der Waals surface area contributed by atoms with Crippen molar-refractivity contribution in [2.45, 2.75) is 26.2 Å². The number of hydrogen-bond donors (Lipinski definition) is 0. The third-order valence-corrected chi connectivity index (χ3v) is 5.04. The number of methoxy groups -OCH3 is 1. The van der Waals surface area contributed by atoms with Crippen molar-refractivity contribution in [2.24, 2.45) is 0 Å². The van der Waals surface area contributed by atoms with Crippen LogP contribution in [0.25, 0.3) is 0 Å². The van der Waals surface area contributed by atoms with Gasteiger partial charge in [-0.2, -0.15) is 5.26 Å². The Bertz CT molecular complexity index is 867. The van der Waals surface area contributed by atoms with Crippen LogP contribution in [0.4, 0.5) is 5.95 Å². The third-order valence-electron chi connectivity index (χ3n) is 5.04. The second kappa shape index (κ2) is 8.70. The van der Waals surface area contributed by atoms with Crippen LogP contribution in [0.5, 0.6) is 5.75 Å². The van der Waals surface area contributed by atoms with Crippen LogP contribution in [0.2, 0.25) is 0 Å². The summed E-state index contributed by atoms with van der Waals surface area (Å²) >= 11 is 0. The average molecular weight is 379 g/mol. The lowest BCUT2D eigenvalue weighted by Crippen LogP contribution is -2.49. The van der Waals surface area contributed by atoms with Crippen molar-refractivity contribution >= 4 is 11.9 Å². The number of benzene rings is 1. The lowest BCUT2D eigenvalue weighted by atomic mass is 9.97. The summed E-state index contributed by atoms with van der Waals surface area (Å²) in [5, 5.41) is 9.09. The van der Waals surface area contributed by atoms with Crippen molar-refractivity contribution in [3.05, 3.63) is 47.3 Å². The van der Waals surface area contributed by atoms with Crippen LogP contribution in [0.15, 0.2) is 30.3 Å². The molecule has 7 heteroatoms. The van der Waals surface area contributed by atoms with Crippen molar-refractivity contribution in [1.29, 1.82) is 5.26 Å². The molecule has 3 rings (SSSR count). The molecule has 0 bridgehead atoms. The highest BCUT2D eigenvalue weighted by atomic mass is 16.5. The predicted molar refractivity (Wildman–Crippen MR) is 106 cm³/mol. The number of ether oxygens (including phenoxy) is 1. The minimum Gasteiger partial charge on any atom is -0.497 e. The molecule has 1 saturated heterocycles. The number of hydrogen-bond acceptors (Lipinski definition) is 6. The number of piperazine rings is 1. The van der Waals surface area contributed by atoms with Crippen molar-refractivity contribution in [2.75, 3.05) is 38.2 Å². The first kappa shape index (κ1) is 19.6. The molecular formula is C21H25N5O2. The van der Waals surface area contributed by atoms with E-state index in [2.05, 4.69) is 23.0 Å². The molecule has 0 N–H and O–H groups in total. The van der Waals surface area contributed by atoms with E-state index in [4.69, 9.17) is 10.00 Å². The van der Waals surface area contributed by atoms with Crippen LogP contribution < -0.4 is 9.64 Å². The minimum absolute atomic E-state index is 0.148. The summed E-state index contributed by atoms with van der Waals surface area (Å²) in [5.74, 6) is 1.69. The summed E-state index contributed by atoms with van der Waals surface area (Å²) in [6.45, 7) is 6.51. The van der Waals surface area contributed by atoms with Gasteiger partial charge in [-0.3, -0.25) is 4.79 Å². The highest BCUT2D eigenvalue weighted by Crippen LogP contribution is 2.23. The number of carbonyl (C=O) groups is 1. The van der Waals surface area contributed by atoms with Crippen molar-refractivity contribution in [3.8, 4) is 11.8 Å². The second-order valence-corrected chi connectivity index (χ2v) is 7.05. The highest BCUT2D eigenvalue weighted by Gasteiger charge is 2.24. The molecule has 28 heavy (non-hydrogen) atoms. The molecule has 1 fully saturated rings. The van der Waals surface area contributed by atoms with E-state index in [-0.39, 0.29) is 11.8 Å². The molecule has 0 saturated carbocycles. The van der Waals surface area contributed by atoms with Crippen molar-refractivity contribution in [3.63, 3.8) is 0 Å². The first-order chi connectivity index (χ1) is 13.5. The molecule has 146 valence electrons. The number of carbonyl (C=O) groups excluding carboxylic acids is 1. The standard InChI is InChI=1S/C21H25N5O2/c1-15(17-4-6-19(28-3)7-5-17)12-20(27)25-8-10-26(11-9-25)21-23-16(2)13-18(14-22)24-21/h4-7,13,15H,8-12H2,1-3H3. The molecule has 1 aromatic heterocycles. The van der Waals surface area contributed by atoms with Gasteiger partial charge in [0, 0.05) is 38.3 Å². The van der Waals surface area contributed by atoms with Gasteiger partial charge >= 0.3 is 0 Å². The molecule has 2 aromatic rings. The van der Waals surface area contributed by atoms with Gasteiger partial charge in [-0.05, 0) is 36.6 Å². The van der Waals surface area contributed by atoms with Crippen LogP contribution in [0, 0.1) is 18.3 Å². The summed E-state index contributed by atoms with van der Waals surface area (Å²) in [6, 6.07) is 11.6. The maximum Gasteiger partial charge on any atom is 0.226 e. The molecule has 1 aliphatic heterocycles. The number of aryl methyl sites for hydroxylation is 1. The Balaban J connectivity index is 1.56. The Hall–Kier alpha value is -3.14. The predicted octanol–water partition coefficient (Wildman–Crippen LogP) is 2.51. The summed E-state index contributed by atoms with van der Waals surface area (Å²) in [5.41, 5.74) is 2.27. The fourth-order valence-electron chi connectivity index (χ4n) is 3.35. The molecule has 0 aliphatic carbocycles. The van der Waals surface area contributed by atoms with Gasteiger partial charge in [0.2, 0.25) is 11.9 Å². The maximum atomic E-state index is 12.7. The van der Waals surface area contributed by atoms with E-state index in [0.717, 1.165) is 17.0 Å². The number of rotatable bonds is 5. The Morgan fingerprint density at radius 1 is 1.21 bits per heavy atom. The molecule has 1 aliphatic rings. The topological polar surface area (TPSA) is 82.4 Å². The summed E-state index contributed by atoms with van der Waals surface area (Å²) in [4.78, 5) is 25.4. The largest absolute Gasteiger partial charge is 0.497 e. The first-order valence-corrected chi connectivity index (χ1v) is 9.42. The second-order valence-electron chi connectivity index (χ2n) is 7.05. The lowest BCUT2D eigenvalue weighted by Gasteiger charge is -2.35. The smallest absolute Gasteiger partial charge is 0.226 e. The molecule has 2 heterocycles. The molecule has 7 nitrogen and oxygen atoms in total. The van der Waals surface area contributed by atoms with Gasteiger partial charge in [-0.25, -0.2) is 9.97 Å². The van der Waals surface area contributed by atoms with Gasteiger partial charge in [0.05, 0.1) is 7.11 Å². The molecule has 0 spiro atoms. The van der Waals surface area contributed by atoms with Gasteiger partial charge in [0.25, 0.3) is 0 Å². The van der Waals surface area contributed by atoms with Gasteiger partial charge < -0.3 is 14.5 Å². The zero-order valence-electron chi connectivity index (χ0n) is 16.6. The Labute approximate surface area is 165 Å². The van der Waals surface area contributed by atoms with E-state index in [1.54, 1.807) is 13.2 Å². The molecule has 0 radical (unpaired) electrons. The van der Waals surface area contributed by atoms with E-state index < -0.39 is 0 Å². The maximum absolute atomic E-state index is 12.7. The third kappa shape index (κ3) is 4.58. The van der Waals surface area contributed by atoms with Crippen LogP contribution in [-0.2, 0) is 4.79 Å². The average Bonchev–Trinajstić information content (AvgIpc) is 2.73. The number of nitrogens with zero attached hydrogens (tertiary/aromatic N) is 5. The number of anilines is 1. The van der Waals surface area contributed by atoms with E-state index >= 15 is 0 Å². The van der Waals surface area contributed by atoms with Gasteiger partial charge in [0.15, 0.2) is 0 Å². The van der Waals surface area contributed by atoms with Gasteiger partial charge in [0.1, 0.15) is 17.5 Å². The summed E-state index contributed by atoms with van der Waals surface area (Å²) < 4.78 is 5.19. The van der Waals surface area contributed by atoms with Crippen LogP contribution in [0.1, 0.15) is 36.2 Å². The number of aromatic nitrogens is 2. The monoisotopic (exact) mass is 379 g/mol. The normalized spacial score (nSPS) is 15.1. The molecule has 1 atom stereocenters. The first-order valence-electron chi connectivity index (χ1n) is 9.42. The van der Waals surface area contributed by atoms with Gasteiger partial charge in [-0.1, -0.05) is 19.1 Å². The lowest BCUT2D eigenvalue weighted by molar-refractivity contribution is -0.131. The summed E-state index contributed by atoms with van der Waals surface area (Å²) in [6.07, 6.45) is 0.478. The van der Waals surface area contributed by atoms with E-state index in [9.17, 15) is 4.79 Å². The molecule has 1 aromatic carbocycles. The van der Waals surface area contributed by atoms with Crippen LogP contribution >= 0.6 is 0 Å². The zero-order valence-corrected chi connectivity index (χ0v) is 16.6. The number of amides is 1. The number of nitriles is 1.